The molecular weight excluding hydrogens is 366 g/mol. The number of halogens is 4. The first kappa shape index (κ1) is 19.4. The molecule has 0 aromatic carbocycles. The van der Waals surface area contributed by atoms with E-state index in [0.29, 0.717) is 18.4 Å². The molecule has 2 heterocycles. The first-order valence-corrected chi connectivity index (χ1v) is 8.80. The molecule has 1 N–H and O–H groups in total. The quantitative estimate of drug-likeness (QED) is 0.748. The number of hydrogen-bond acceptors (Lipinski definition) is 5. The molecule has 0 saturated heterocycles. The average molecular weight is 387 g/mol. The summed E-state index contributed by atoms with van der Waals surface area (Å²) in [6.45, 7) is 1.40. The minimum Gasteiger partial charge on any atom is -0.475 e. The van der Waals surface area contributed by atoms with Gasteiger partial charge >= 0.3 is 6.18 Å². The lowest BCUT2D eigenvalue weighted by Crippen LogP contribution is -2.19. The van der Waals surface area contributed by atoms with Crippen LogP contribution in [0.2, 0.25) is 0 Å². The van der Waals surface area contributed by atoms with Gasteiger partial charge in [-0.1, -0.05) is 19.8 Å². The zero-order chi connectivity index (χ0) is 19.4. The summed E-state index contributed by atoms with van der Waals surface area (Å²) in [4.78, 5) is 7.76. The molecule has 0 radical (unpaired) electrons. The Balaban J connectivity index is 1.59. The highest BCUT2D eigenvalue weighted by Gasteiger charge is 2.28. The van der Waals surface area contributed by atoms with Gasteiger partial charge in [0.25, 0.3) is 5.88 Å². The van der Waals surface area contributed by atoms with Crippen molar-refractivity contribution in [3.05, 3.63) is 24.4 Å². The molecule has 148 valence electrons. The number of rotatable bonds is 6. The Bertz CT molecular complexity index is 756. The van der Waals surface area contributed by atoms with Gasteiger partial charge in [0.05, 0.1) is 24.7 Å². The van der Waals surface area contributed by atoms with Crippen LogP contribution in [0.3, 0.4) is 0 Å². The van der Waals surface area contributed by atoms with E-state index in [2.05, 4.69) is 27.3 Å². The predicted octanol–water partition coefficient (Wildman–Crippen LogP) is 4.32. The molecular formula is C17H21F4N5O. The highest BCUT2D eigenvalue weighted by Crippen LogP contribution is 2.29. The molecule has 3 rings (SSSR count). The van der Waals surface area contributed by atoms with Crippen LogP contribution < -0.4 is 10.1 Å². The Hall–Kier alpha value is -2.39. The van der Waals surface area contributed by atoms with Gasteiger partial charge in [-0.3, -0.25) is 4.68 Å². The molecule has 0 spiro atoms. The minimum atomic E-state index is -4.37. The van der Waals surface area contributed by atoms with Crippen molar-refractivity contribution >= 4 is 11.6 Å². The van der Waals surface area contributed by atoms with Gasteiger partial charge in [0, 0.05) is 6.20 Å². The molecule has 2 aromatic heterocycles. The molecule has 1 aliphatic rings. The maximum atomic E-state index is 13.9. The van der Waals surface area contributed by atoms with Crippen LogP contribution in [0.5, 0.6) is 5.88 Å². The summed E-state index contributed by atoms with van der Waals surface area (Å²) in [6, 6.07) is 0. The van der Waals surface area contributed by atoms with Gasteiger partial charge in [-0.05, 0) is 24.7 Å². The first-order valence-electron chi connectivity index (χ1n) is 8.80. The van der Waals surface area contributed by atoms with E-state index in [1.807, 2.05) is 0 Å². The zero-order valence-corrected chi connectivity index (χ0v) is 14.8. The Labute approximate surface area is 154 Å². The van der Waals surface area contributed by atoms with Crippen molar-refractivity contribution < 1.29 is 22.3 Å². The molecule has 0 amide bonds. The van der Waals surface area contributed by atoms with E-state index in [-0.39, 0.29) is 17.5 Å². The van der Waals surface area contributed by atoms with Crippen LogP contribution in [-0.2, 0) is 6.54 Å². The number of hydrogen-bond donors (Lipinski definition) is 1. The summed E-state index contributed by atoms with van der Waals surface area (Å²) in [6.07, 6.45) is 3.33. The third kappa shape index (κ3) is 5.80. The number of aromatic nitrogens is 4. The van der Waals surface area contributed by atoms with Crippen molar-refractivity contribution in [2.75, 3.05) is 11.9 Å². The van der Waals surface area contributed by atoms with Gasteiger partial charge < -0.3 is 10.1 Å². The molecule has 1 fully saturated rings. The van der Waals surface area contributed by atoms with E-state index < -0.39 is 18.5 Å². The largest absolute Gasteiger partial charge is 0.475 e. The van der Waals surface area contributed by atoms with Crippen LogP contribution >= 0.6 is 0 Å². The predicted molar refractivity (Wildman–Crippen MR) is 90.2 cm³/mol. The number of alkyl halides is 3. The molecule has 2 aromatic rings. The van der Waals surface area contributed by atoms with E-state index in [0.717, 1.165) is 36.6 Å². The average Bonchev–Trinajstić information content (AvgIpc) is 3.01. The van der Waals surface area contributed by atoms with Crippen molar-refractivity contribution in [1.82, 2.24) is 19.7 Å². The molecule has 6 nitrogen and oxygen atoms in total. The second kappa shape index (κ2) is 8.10. The van der Waals surface area contributed by atoms with Crippen LogP contribution in [0.15, 0.2) is 18.6 Å². The highest BCUT2D eigenvalue weighted by molar-refractivity contribution is 5.50. The Morgan fingerprint density at radius 1 is 1.22 bits per heavy atom. The topological polar surface area (TPSA) is 64.9 Å². The Morgan fingerprint density at radius 3 is 2.67 bits per heavy atom. The molecule has 0 bridgehead atoms. The summed E-state index contributed by atoms with van der Waals surface area (Å²) in [5, 5.41) is 6.32. The van der Waals surface area contributed by atoms with E-state index in [9.17, 15) is 17.6 Å². The van der Waals surface area contributed by atoms with Gasteiger partial charge in [0.15, 0.2) is 0 Å². The van der Waals surface area contributed by atoms with Crippen LogP contribution in [0.1, 0.15) is 32.6 Å². The molecule has 10 heteroatoms. The van der Waals surface area contributed by atoms with Crippen molar-refractivity contribution in [1.29, 1.82) is 0 Å². The standard InChI is InChI=1S/C17H21F4N5O/c1-11-2-4-12(5-3-11)9-27-15-14(18)7-22-16(25-15)24-13-6-23-26(8-13)10-17(19,20)21/h6-8,11-12H,2-5,9-10H2,1H3,(H,22,24,25). The number of anilines is 2. The van der Waals surface area contributed by atoms with Crippen LogP contribution in [-0.4, -0.2) is 32.5 Å². The lowest BCUT2D eigenvalue weighted by atomic mass is 9.83. The van der Waals surface area contributed by atoms with E-state index >= 15 is 0 Å². The van der Waals surface area contributed by atoms with Gasteiger partial charge in [-0.2, -0.15) is 27.6 Å². The monoisotopic (exact) mass is 387 g/mol. The fraction of sp³-hybridized carbons (Fsp3) is 0.588. The fourth-order valence-electron chi connectivity index (χ4n) is 3.03. The van der Waals surface area contributed by atoms with Crippen LogP contribution in [0, 0.1) is 17.7 Å². The summed E-state index contributed by atoms with van der Waals surface area (Å²) in [7, 11) is 0. The maximum absolute atomic E-state index is 13.9. The first-order chi connectivity index (χ1) is 12.8. The summed E-state index contributed by atoms with van der Waals surface area (Å²) in [5.41, 5.74) is 0.262. The number of nitrogens with zero attached hydrogens (tertiary/aromatic N) is 4. The lowest BCUT2D eigenvalue weighted by molar-refractivity contribution is -0.142. The number of ether oxygens (including phenoxy) is 1. The molecule has 0 atom stereocenters. The minimum absolute atomic E-state index is 0.0234. The summed E-state index contributed by atoms with van der Waals surface area (Å²) in [5.74, 6) is 0.250. The normalized spacial score (nSPS) is 20.5. The van der Waals surface area contributed by atoms with Crippen molar-refractivity contribution in [3.63, 3.8) is 0 Å². The molecule has 0 unspecified atom stereocenters. The molecule has 0 aliphatic heterocycles. The van der Waals surface area contributed by atoms with E-state index in [1.54, 1.807) is 0 Å². The zero-order valence-electron chi connectivity index (χ0n) is 14.8. The maximum Gasteiger partial charge on any atom is 0.408 e. The Kier molecular flexibility index (Phi) is 5.81. The summed E-state index contributed by atoms with van der Waals surface area (Å²) >= 11 is 0. The SMILES string of the molecule is CC1CCC(COc2nc(Nc3cnn(CC(F)(F)F)c3)ncc2F)CC1. The Morgan fingerprint density at radius 2 is 1.96 bits per heavy atom. The van der Waals surface area contributed by atoms with Gasteiger partial charge in [0.2, 0.25) is 11.8 Å². The summed E-state index contributed by atoms with van der Waals surface area (Å²) < 4.78 is 57.3. The van der Waals surface area contributed by atoms with Crippen molar-refractivity contribution in [2.24, 2.45) is 11.8 Å². The number of nitrogens with one attached hydrogen (secondary N) is 1. The lowest BCUT2D eigenvalue weighted by Gasteiger charge is -2.25. The van der Waals surface area contributed by atoms with Crippen LogP contribution in [0.25, 0.3) is 0 Å². The third-order valence-corrected chi connectivity index (χ3v) is 4.53. The smallest absolute Gasteiger partial charge is 0.408 e. The second-order valence-electron chi connectivity index (χ2n) is 6.95. The van der Waals surface area contributed by atoms with Gasteiger partial charge in [-0.25, -0.2) is 4.98 Å². The molecule has 1 aliphatic carbocycles. The van der Waals surface area contributed by atoms with Crippen molar-refractivity contribution in [2.45, 2.75) is 45.3 Å². The molecule has 1 saturated carbocycles. The van der Waals surface area contributed by atoms with E-state index in [4.69, 9.17) is 4.74 Å². The fourth-order valence-corrected chi connectivity index (χ4v) is 3.03. The molecule has 27 heavy (non-hydrogen) atoms. The third-order valence-electron chi connectivity index (χ3n) is 4.53. The van der Waals surface area contributed by atoms with Gasteiger partial charge in [0.1, 0.15) is 6.54 Å². The van der Waals surface area contributed by atoms with Crippen LogP contribution in [0.4, 0.5) is 29.2 Å². The van der Waals surface area contributed by atoms with Crippen molar-refractivity contribution in [3.8, 4) is 5.88 Å². The second-order valence-corrected chi connectivity index (χ2v) is 6.95. The van der Waals surface area contributed by atoms with Gasteiger partial charge in [-0.15, -0.1) is 0 Å². The van der Waals surface area contributed by atoms with E-state index in [1.165, 1.54) is 12.4 Å². The highest BCUT2D eigenvalue weighted by atomic mass is 19.4.